The molecular weight excluding hydrogens is 492 g/mol. The van der Waals surface area contributed by atoms with Crippen LogP contribution in [0.1, 0.15) is 25.7 Å². The highest BCUT2D eigenvalue weighted by Gasteiger charge is 2.63. The third kappa shape index (κ3) is 5.48. The smallest absolute Gasteiger partial charge is 0.409 e. The number of halogens is 3. The number of aliphatic hydroxyl groups is 1. The standard InChI is InChI=1S/C22H30ClF2N3O5S/c23-16-4-6-18(7-5-16)34(31,32)28-17(2-1-3-20(28)19-14-22(19,24)25)15-33-21(30)27-10-8-26(9-11-27)12-13-29/h4-7,17,19-20,29H,1-3,8-15H2/t17-,19?,20+/m1/s1. The number of nitrogens with zero attached hydrogens (tertiary/aromatic N) is 3. The van der Waals surface area contributed by atoms with Crippen molar-refractivity contribution in [3.63, 3.8) is 0 Å². The summed E-state index contributed by atoms with van der Waals surface area (Å²) in [6, 6.07) is 4.05. The summed E-state index contributed by atoms with van der Waals surface area (Å²) < 4.78 is 61.8. The van der Waals surface area contributed by atoms with Crippen molar-refractivity contribution in [2.45, 2.75) is 48.6 Å². The van der Waals surface area contributed by atoms with Crippen LogP contribution >= 0.6 is 11.6 Å². The third-order valence-electron chi connectivity index (χ3n) is 6.90. The minimum Gasteiger partial charge on any atom is -0.448 e. The highest BCUT2D eigenvalue weighted by molar-refractivity contribution is 7.89. The minimum absolute atomic E-state index is 0.0240. The van der Waals surface area contributed by atoms with Crippen molar-refractivity contribution in [3.05, 3.63) is 29.3 Å². The van der Waals surface area contributed by atoms with E-state index in [0.717, 1.165) is 4.31 Å². The summed E-state index contributed by atoms with van der Waals surface area (Å²) >= 11 is 5.90. The van der Waals surface area contributed by atoms with Gasteiger partial charge in [0.1, 0.15) is 6.61 Å². The van der Waals surface area contributed by atoms with E-state index in [9.17, 15) is 22.0 Å². The SMILES string of the molecule is O=C(OC[C@H]1CCC[C@@H](C2CC2(F)F)N1S(=O)(=O)c1ccc(Cl)cc1)N1CCN(CCO)CC1. The maximum Gasteiger partial charge on any atom is 0.409 e. The van der Waals surface area contributed by atoms with Gasteiger partial charge in [0, 0.05) is 56.1 Å². The summed E-state index contributed by atoms with van der Waals surface area (Å²) in [5.41, 5.74) is 0. The van der Waals surface area contributed by atoms with E-state index in [4.69, 9.17) is 21.4 Å². The molecule has 1 aliphatic carbocycles. The van der Waals surface area contributed by atoms with E-state index in [1.807, 2.05) is 4.90 Å². The first-order valence-corrected chi connectivity index (χ1v) is 13.4. The molecule has 8 nitrogen and oxygen atoms in total. The van der Waals surface area contributed by atoms with Gasteiger partial charge in [-0.2, -0.15) is 4.31 Å². The molecule has 3 fully saturated rings. The number of piperazine rings is 1. The van der Waals surface area contributed by atoms with Gasteiger partial charge in [-0.15, -0.1) is 0 Å². The van der Waals surface area contributed by atoms with Crippen LogP contribution in [0.25, 0.3) is 0 Å². The van der Waals surface area contributed by atoms with Crippen LogP contribution in [0.4, 0.5) is 13.6 Å². The van der Waals surface area contributed by atoms with Gasteiger partial charge in [-0.05, 0) is 37.1 Å². The quantitative estimate of drug-likeness (QED) is 0.593. The molecule has 12 heteroatoms. The number of hydrogen-bond acceptors (Lipinski definition) is 6. The van der Waals surface area contributed by atoms with E-state index in [-0.39, 0.29) is 24.5 Å². The van der Waals surface area contributed by atoms with Crippen molar-refractivity contribution in [1.29, 1.82) is 0 Å². The fourth-order valence-corrected chi connectivity index (χ4v) is 6.95. The Hall–Kier alpha value is -1.53. The molecule has 2 saturated heterocycles. The molecule has 1 amide bonds. The molecule has 3 atom stereocenters. The zero-order chi connectivity index (χ0) is 24.5. The third-order valence-corrected chi connectivity index (χ3v) is 9.14. The van der Waals surface area contributed by atoms with E-state index in [2.05, 4.69) is 0 Å². The first-order valence-electron chi connectivity index (χ1n) is 11.6. The van der Waals surface area contributed by atoms with Crippen molar-refractivity contribution >= 4 is 27.7 Å². The second kappa shape index (κ2) is 10.2. The number of rotatable bonds is 7. The van der Waals surface area contributed by atoms with E-state index in [1.165, 1.54) is 24.3 Å². The van der Waals surface area contributed by atoms with Gasteiger partial charge in [-0.25, -0.2) is 22.0 Å². The summed E-state index contributed by atoms with van der Waals surface area (Å²) in [6.45, 7) is 2.47. The Labute approximate surface area is 203 Å². The van der Waals surface area contributed by atoms with Gasteiger partial charge in [0.15, 0.2) is 0 Å². The summed E-state index contributed by atoms with van der Waals surface area (Å²) in [5, 5.41) is 9.42. The predicted octanol–water partition coefficient (Wildman–Crippen LogP) is 2.65. The zero-order valence-corrected chi connectivity index (χ0v) is 20.4. The molecule has 1 aromatic carbocycles. The second-order valence-electron chi connectivity index (χ2n) is 9.14. The maximum absolute atomic E-state index is 14.0. The fraction of sp³-hybridized carbons (Fsp3) is 0.682. The van der Waals surface area contributed by atoms with Gasteiger partial charge in [0.25, 0.3) is 5.92 Å². The normalized spacial score (nSPS) is 28.0. The van der Waals surface area contributed by atoms with E-state index in [0.29, 0.717) is 57.0 Å². The van der Waals surface area contributed by atoms with Crippen LogP contribution in [-0.2, 0) is 14.8 Å². The molecule has 34 heavy (non-hydrogen) atoms. The Morgan fingerprint density at radius 2 is 1.79 bits per heavy atom. The number of alkyl halides is 2. The number of carbonyl (C=O) groups excluding carboxylic acids is 1. The molecule has 0 radical (unpaired) electrons. The van der Waals surface area contributed by atoms with Gasteiger partial charge in [-0.3, -0.25) is 4.90 Å². The lowest BCUT2D eigenvalue weighted by atomic mass is 9.95. The van der Waals surface area contributed by atoms with Crippen LogP contribution in [0.15, 0.2) is 29.2 Å². The summed E-state index contributed by atoms with van der Waals surface area (Å²) in [4.78, 5) is 16.2. The lowest BCUT2D eigenvalue weighted by Crippen LogP contribution is -2.54. The van der Waals surface area contributed by atoms with Gasteiger partial charge < -0.3 is 14.7 Å². The number of aliphatic hydroxyl groups excluding tert-OH is 1. The number of ether oxygens (including phenoxy) is 1. The Balaban J connectivity index is 1.48. The van der Waals surface area contributed by atoms with Crippen LogP contribution in [0.5, 0.6) is 0 Å². The molecule has 1 aromatic rings. The highest BCUT2D eigenvalue weighted by atomic mass is 35.5. The second-order valence-corrected chi connectivity index (χ2v) is 11.4. The first kappa shape index (κ1) is 25.6. The summed E-state index contributed by atoms with van der Waals surface area (Å²) in [6.07, 6.45) is 0.441. The number of amides is 1. The largest absolute Gasteiger partial charge is 0.448 e. The van der Waals surface area contributed by atoms with E-state index >= 15 is 0 Å². The van der Waals surface area contributed by atoms with Gasteiger partial charge >= 0.3 is 6.09 Å². The fourth-order valence-electron chi connectivity index (χ4n) is 4.93. The van der Waals surface area contributed by atoms with Gasteiger partial charge in [0.2, 0.25) is 10.0 Å². The van der Waals surface area contributed by atoms with Crippen LogP contribution < -0.4 is 0 Å². The highest BCUT2D eigenvalue weighted by Crippen LogP contribution is 2.54. The lowest BCUT2D eigenvalue weighted by molar-refractivity contribution is 0.0301. The van der Waals surface area contributed by atoms with Crippen molar-refractivity contribution < 1.29 is 31.8 Å². The molecular formula is C22H30ClF2N3O5S. The van der Waals surface area contributed by atoms with E-state index < -0.39 is 40.0 Å². The predicted molar refractivity (Wildman–Crippen MR) is 121 cm³/mol. The molecule has 1 saturated carbocycles. The van der Waals surface area contributed by atoms with Crippen LogP contribution in [0.3, 0.4) is 0 Å². The summed E-state index contributed by atoms with van der Waals surface area (Å²) in [7, 11) is -4.11. The topological polar surface area (TPSA) is 90.4 Å². The van der Waals surface area contributed by atoms with Crippen LogP contribution in [-0.4, -0.2) is 97.7 Å². The van der Waals surface area contributed by atoms with Crippen molar-refractivity contribution in [3.8, 4) is 0 Å². The molecule has 1 unspecified atom stereocenters. The number of hydrogen-bond donors (Lipinski definition) is 1. The number of sulfonamides is 1. The average molecular weight is 522 g/mol. The Bertz CT molecular complexity index is 973. The van der Waals surface area contributed by atoms with Crippen molar-refractivity contribution in [2.75, 3.05) is 45.9 Å². The van der Waals surface area contributed by atoms with Crippen LogP contribution in [0, 0.1) is 5.92 Å². The molecule has 0 spiro atoms. The molecule has 0 bridgehead atoms. The number of β-amino-alcohol motifs (C(OH)–C–C–N with tert-alkyl or cyclic N) is 1. The molecule has 3 aliphatic rings. The van der Waals surface area contributed by atoms with Gasteiger partial charge in [-0.1, -0.05) is 18.0 Å². The molecule has 190 valence electrons. The molecule has 0 aromatic heterocycles. The molecule has 2 heterocycles. The van der Waals surface area contributed by atoms with Crippen molar-refractivity contribution in [1.82, 2.24) is 14.1 Å². The molecule has 1 N–H and O–H groups in total. The number of piperidine rings is 1. The Kier molecular flexibility index (Phi) is 7.68. The van der Waals surface area contributed by atoms with Crippen LogP contribution in [0.2, 0.25) is 5.02 Å². The summed E-state index contributed by atoms with van der Waals surface area (Å²) in [5.74, 6) is -3.92. The number of benzene rings is 1. The minimum atomic E-state index is -4.11. The van der Waals surface area contributed by atoms with Gasteiger partial charge in [0.05, 0.1) is 17.5 Å². The number of carbonyl (C=O) groups is 1. The Morgan fingerprint density at radius 1 is 1.15 bits per heavy atom. The average Bonchev–Trinajstić information content (AvgIpc) is 3.46. The molecule has 2 aliphatic heterocycles. The monoisotopic (exact) mass is 521 g/mol. The molecule has 4 rings (SSSR count). The van der Waals surface area contributed by atoms with E-state index in [1.54, 1.807) is 4.90 Å². The first-order chi connectivity index (χ1) is 16.1. The maximum atomic E-state index is 14.0. The zero-order valence-electron chi connectivity index (χ0n) is 18.8. The lowest BCUT2D eigenvalue weighted by Gasteiger charge is -2.41. The Morgan fingerprint density at radius 3 is 2.38 bits per heavy atom. The van der Waals surface area contributed by atoms with Crippen molar-refractivity contribution in [2.24, 2.45) is 5.92 Å².